The van der Waals surface area contributed by atoms with Gasteiger partial charge in [-0.2, -0.15) is 5.10 Å². The lowest BCUT2D eigenvalue weighted by atomic mass is 10.2. The standard InChI is InChI=1S/C21H19N5O2/c27-21(19-11-15-5-1-2-6-18(15)24-19)25-12-16-8-10-23-26(16)17(13-25)14-28-20-7-3-4-9-22-20/h1-11,17,24H,12-14H2/t17-/m0/s1. The molecule has 4 heterocycles. The summed E-state index contributed by atoms with van der Waals surface area (Å²) in [5.41, 5.74) is 2.55. The van der Waals surface area contributed by atoms with Crippen molar-refractivity contribution in [3.63, 3.8) is 0 Å². The number of nitrogens with zero attached hydrogens (tertiary/aromatic N) is 4. The number of fused-ring (bicyclic) bond motifs is 2. The van der Waals surface area contributed by atoms with Crippen molar-refractivity contribution in [2.45, 2.75) is 12.6 Å². The maximum atomic E-state index is 13.1. The molecule has 0 saturated carbocycles. The van der Waals surface area contributed by atoms with E-state index in [0.717, 1.165) is 16.6 Å². The van der Waals surface area contributed by atoms with E-state index >= 15 is 0 Å². The minimum absolute atomic E-state index is 0.0218. The van der Waals surface area contributed by atoms with Crippen LogP contribution in [-0.4, -0.2) is 43.7 Å². The normalized spacial score (nSPS) is 16.1. The van der Waals surface area contributed by atoms with Crippen molar-refractivity contribution >= 4 is 16.8 Å². The highest BCUT2D eigenvalue weighted by atomic mass is 16.5. The van der Waals surface area contributed by atoms with Gasteiger partial charge in [0.05, 0.1) is 12.2 Å². The van der Waals surface area contributed by atoms with E-state index in [1.807, 2.05) is 64.2 Å². The molecule has 0 saturated heterocycles. The quantitative estimate of drug-likeness (QED) is 0.597. The monoisotopic (exact) mass is 373 g/mol. The second kappa shape index (κ2) is 6.84. The molecule has 0 radical (unpaired) electrons. The van der Waals surface area contributed by atoms with Crippen molar-refractivity contribution < 1.29 is 9.53 Å². The molecule has 1 amide bonds. The third kappa shape index (κ3) is 3.00. The van der Waals surface area contributed by atoms with E-state index in [-0.39, 0.29) is 11.9 Å². The van der Waals surface area contributed by atoms with E-state index in [1.165, 1.54) is 0 Å². The SMILES string of the molecule is O=C(c1cc2ccccc2[nH]1)N1Cc2ccnn2[C@H](COc2ccccn2)C1. The summed E-state index contributed by atoms with van der Waals surface area (Å²) in [5.74, 6) is 0.543. The summed E-state index contributed by atoms with van der Waals surface area (Å²) in [6.45, 7) is 1.44. The number of pyridine rings is 1. The molecule has 1 N–H and O–H groups in total. The molecule has 1 aliphatic rings. The Balaban J connectivity index is 1.38. The molecule has 7 heteroatoms. The molecule has 0 aliphatic carbocycles. The van der Waals surface area contributed by atoms with Gasteiger partial charge in [-0.3, -0.25) is 9.48 Å². The van der Waals surface area contributed by atoms with Gasteiger partial charge >= 0.3 is 0 Å². The summed E-state index contributed by atoms with van der Waals surface area (Å²) >= 11 is 0. The van der Waals surface area contributed by atoms with Gasteiger partial charge in [-0.1, -0.05) is 24.3 Å². The number of carbonyl (C=O) groups is 1. The molecule has 4 aromatic rings. The fourth-order valence-electron chi connectivity index (χ4n) is 3.64. The first kappa shape index (κ1) is 16.6. The summed E-state index contributed by atoms with van der Waals surface area (Å²) in [6.07, 6.45) is 3.46. The third-order valence-corrected chi connectivity index (χ3v) is 4.99. The zero-order chi connectivity index (χ0) is 18.9. The average Bonchev–Trinajstić information content (AvgIpc) is 3.39. The number of aromatic amines is 1. The van der Waals surface area contributed by atoms with Crippen molar-refractivity contribution in [3.05, 3.63) is 78.4 Å². The van der Waals surface area contributed by atoms with Gasteiger partial charge in [-0.15, -0.1) is 0 Å². The summed E-state index contributed by atoms with van der Waals surface area (Å²) in [6, 6.07) is 17.2. The lowest BCUT2D eigenvalue weighted by Gasteiger charge is -2.33. The number of rotatable bonds is 4. The number of aromatic nitrogens is 4. The van der Waals surface area contributed by atoms with E-state index in [1.54, 1.807) is 12.4 Å². The van der Waals surface area contributed by atoms with Gasteiger partial charge in [0.15, 0.2) is 0 Å². The van der Waals surface area contributed by atoms with Crippen LogP contribution in [0, 0.1) is 0 Å². The van der Waals surface area contributed by atoms with Gasteiger partial charge in [0.25, 0.3) is 5.91 Å². The smallest absolute Gasteiger partial charge is 0.270 e. The van der Waals surface area contributed by atoms with Crippen molar-refractivity contribution in [2.75, 3.05) is 13.2 Å². The van der Waals surface area contributed by atoms with Gasteiger partial charge in [0, 0.05) is 35.9 Å². The maximum Gasteiger partial charge on any atom is 0.270 e. The molecule has 1 aromatic carbocycles. The third-order valence-electron chi connectivity index (χ3n) is 4.99. The first-order valence-corrected chi connectivity index (χ1v) is 9.21. The van der Waals surface area contributed by atoms with Gasteiger partial charge in [0.1, 0.15) is 18.3 Å². The molecule has 140 valence electrons. The van der Waals surface area contributed by atoms with Crippen molar-refractivity contribution in [2.24, 2.45) is 0 Å². The van der Waals surface area contributed by atoms with Gasteiger partial charge in [-0.05, 0) is 24.3 Å². The highest BCUT2D eigenvalue weighted by Crippen LogP contribution is 2.24. The summed E-state index contributed by atoms with van der Waals surface area (Å²) in [5, 5.41) is 5.45. The molecular formula is C21H19N5O2. The number of ether oxygens (including phenoxy) is 1. The van der Waals surface area contributed by atoms with Crippen LogP contribution < -0.4 is 4.74 Å². The minimum atomic E-state index is -0.0749. The maximum absolute atomic E-state index is 13.1. The van der Waals surface area contributed by atoms with Crippen LogP contribution >= 0.6 is 0 Å². The molecular weight excluding hydrogens is 354 g/mol. The second-order valence-electron chi connectivity index (χ2n) is 6.86. The van der Waals surface area contributed by atoms with E-state index < -0.39 is 0 Å². The zero-order valence-electron chi connectivity index (χ0n) is 15.2. The number of H-pyrrole nitrogens is 1. The number of hydrogen-bond acceptors (Lipinski definition) is 4. The van der Waals surface area contributed by atoms with Gasteiger partial charge in [0.2, 0.25) is 5.88 Å². The molecule has 0 fully saturated rings. The largest absolute Gasteiger partial charge is 0.475 e. The van der Waals surface area contributed by atoms with E-state index in [0.29, 0.717) is 31.3 Å². The average molecular weight is 373 g/mol. The summed E-state index contributed by atoms with van der Waals surface area (Å²) in [7, 11) is 0. The van der Waals surface area contributed by atoms with Crippen molar-refractivity contribution in [1.29, 1.82) is 0 Å². The van der Waals surface area contributed by atoms with E-state index in [9.17, 15) is 4.79 Å². The number of amides is 1. The van der Waals surface area contributed by atoms with Crippen LogP contribution in [0.3, 0.4) is 0 Å². The number of nitrogens with one attached hydrogen (secondary N) is 1. The number of carbonyl (C=O) groups excluding carboxylic acids is 1. The number of hydrogen-bond donors (Lipinski definition) is 1. The predicted molar refractivity (Wildman–Crippen MR) is 104 cm³/mol. The Bertz CT molecular complexity index is 1090. The molecule has 0 spiro atoms. The topological polar surface area (TPSA) is 76.0 Å². The van der Waals surface area contributed by atoms with Crippen LogP contribution in [0.5, 0.6) is 5.88 Å². The Hall–Kier alpha value is -3.61. The predicted octanol–water partition coefficient (Wildman–Crippen LogP) is 3.04. The highest BCUT2D eigenvalue weighted by Gasteiger charge is 2.30. The Labute approximate surface area is 161 Å². The van der Waals surface area contributed by atoms with Crippen molar-refractivity contribution in [1.82, 2.24) is 24.6 Å². The lowest BCUT2D eigenvalue weighted by Crippen LogP contribution is -2.43. The lowest BCUT2D eigenvalue weighted by molar-refractivity contribution is 0.0626. The van der Waals surface area contributed by atoms with Crippen LogP contribution in [0.1, 0.15) is 22.2 Å². The Kier molecular flexibility index (Phi) is 4.05. The number of benzene rings is 1. The second-order valence-corrected chi connectivity index (χ2v) is 6.86. The first-order chi connectivity index (χ1) is 13.8. The van der Waals surface area contributed by atoms with Crippen molar-refractivity contribution in [3.8, 4) is 5.88 Å². The Morgan fingerprint density at radius 2 is 2.04 bits per heavy atom. The van der Waals surface area contributed by atoms with Crippen LogP contribution in [-0.2, 0) is 6.54 Å². The fraction of sp³-hybridized carbons (Fsp3) is 0.190. The molecule has 5 rings (SSSR count). The summed E-state index contributed by atoms with van der Waals surface area (Å²) in [4.78, 5) is 22.4. The van der Waals surface area contributed by atoms with Crippen LogP contribution in [0.4, 0.5) is 0 Å². The van der Waals surface area contributed by atoms with E-state index in [4.69, 9.17) is 4.74 Å². The molecule has 0 bridgehead atoms. The van der Waals surface area contributed by atoms with Crippen LogP contribution in [0.25, 0.3) is 10.9 Å². The Morgan fingerprint density at radius 3 is 2.89 bits per heavy atom. The molecule has 3 aromatic heterocycles. The molecule has 1 atom stereocenters. The van der Waals surface area contributed by atoms with Gasteiger partial charge < -0.3 is 14.6 Å². The molecule has 28 heavy (non-hydrogen) atoms. The molecule has 0 unspecified atom stereocenters. The van der Waals surface area contributed by atoms with E-state index in [2.05, 4.69) is 15.1 Å². The van der Waals surface area contributed by atoms with Crippen LogP contribution in [0.2, 0.25) is 0 Å². The molecule has 1 aliphatic heterocycles. The molecule has 7 nitrogen and oxygen atoms in total. The first-order valence-electron chi connectivity index (χ1n) is 9.21. The van der Waals surface area contributed by atoms with Gasteiger partial charge in [-0.25, -0.2) is 4.98 Å². The number of para-hydroxylation sites is 1. The highest BCUT2D eigenvalue weighted by molar-refractivity contribution is 5.98. The fourth-order valence-corrected chi connectivity index (χ4v) is 3.64. The Morgan fingerprint density at radius 1 is 1.14 bits per heavy atom. The zero-order valence-corrected chi connectivity index (χ0v) is 15.2. The minimum Gasteiger partial charge on any atom is -0.475 e. The van der Waals surface area contributed by atoms with Crippen LogP contribution in [0.15, 0.2) is 67.0 Å². The summed E-state index contributed by atoms with van der Waals surface area (Å²) < 4.78 is 7.78.